The van der Waals surface area contributed by atoms with Gasteiger partial charge in [-0.1, -0.05) is 23.2 Å². The minimum Gasteiger partial charge on any atom is -0.467 e. The molecule has 0 bridgehead atoms. The predicted molar refractivity (Wildman–Crippen MR) is 94.3 cm³/mol. The van der Waals surface area contributed by atoms with Gasteiger partial charge in [0.15, 0.2) is 0 Å². The molecule has 0 radical (unpaired) electrons. The van der Waals surface area contributed by atoms with E-state index in [1.807, 2.05) is 18.4 Å². The van der Waals surface area contributed by atoms with Crippen LogP contribution in [0.2, 0.25) is 10.0 Å². The van der Waals surface area contributed by atoms with E-state index in [9.17, 15) is 9.59 Å². The number of carbonyl (C=O) groups is 2. The lowest BCUT2D eigenvalue weighted by Crippen LogP contribution is -2.42. The van der Waals surface area contributed by atoms with Crippen molar-refractivity contribution in [2.45, 2.75) is 24.8 Å². The molecule has 0 spiro atoms. The zero-order valence-corrected chi connectivity index (χ0v) is 15.3. The van der Waals surface area contributed by atoms with Crippen LogP contribution in [-0.4, -0.2) is 37.0 Å². The molecule has 0 unspecified atom stereocenters. The highest BCUT2D eigenvalue weighted by molar-refractivity contribution is 7.98. The molecule has 1 amide bonds. The first kappa shape index (κ1) is 18.4. The predicted octanol–water partition coefficient (Wildman–Crippen LogP) is 3.51. The van der Waals surface area contributed by atoms with Crippen LogP contribution >= 0.6 is 35.0 Å². The molecule has 1 aliphatic carbocycles. The third-order valence-electron chi connectivity index (χ3n) is 3.85. The lowest BCUT2D eigenvalue weighted by atomic mass is 10.1. The summed E-state index contributed by atoms with van der Waals surface area (Å²) in [5, 5.41) is 3.92. The molecular weight excluding hydrogens is 357 g/mol. The molecule has 1 N–H and O–H groups in total. The Morgan fingerprint density at radius 2 is 2.00 bits per heavy atom. The van der Waals surface area contributed by atoms with Gasteiger partial charge in [-0.05, 0) is 54.5 Å². The van der Waals surface area contributed by atoms with E-state index in [2.05, 4.69) is 5.32 Å². The second kappa shape index (κ2) is 8.27. The maximum atomic E-state index is 12.4. The number of rotatable bonds is 7. The molecule has 23 heavy (non-hydrogen) atoms. The second-order valence-electron chi connectivity index (χ2n) is 5.52. The molecule has 1 aromatic carbocycles. The van der Waals surface area contributed by atoms with Crippen molar-refractivity contribution >= 4 is 46.8 Å². The molecular formula is C16H19Cl2NO3S. The van der Waals surface area contributed by atoms with E-state index in [4.69, 9.17) is 27.9 Å². The number of benzene rings is 1. The van der Waals surface area contributed by atoms with Gasteiger partial charge < -0.3 is 10.1 Å². The minimum absolute atomic E-state index is 0.102. The Balaban J connectivity index is 1.97. The van der Waals surface area contributed by atoms with Gasteiger partial charge in [-0.25, -0.2) is 4.79 Å². The Hall–Kier alpha value is -0.910. The van der Waals surface area contributed by atoms with E-state index in [1.54, 1.807) is 17.8 Å². The van der Waals surface area contributed by atoms with Crippen molar-refractivity contribution in [3.05, 3.63) is 33.8 Å². The van der Waals surface area contributed by atoms with Crippen LogP contribution in [0.3, 0.4) is 0 Å². The van der Waals surface area contributed by atoms with Crippen LogP contribution in [0.1, 0.15) is 24.3 Å². The van der Waals surface area contributed by atoms with Gasteiger partial charge in [0.2, 0.25) is 5.91 Å². The van der Waals surface area contributed by atoms with Crippen LogP contribution in [-0.2, 0) is 14.3 Å². The van der Waals surface area contributed by atoms with E-state index in [1.165, 1.54) is 7.11 Å². The van der Waals surface area contributed by atoms with Crippen molar-refractivity contribution in [3.8, 4) is 0 Å². The molecule has 7 heteroatoms. The largest absolute Gasteiger partial charge is 0.467 e. The summed E-state index contributed by atoms with van der Waals surface area (Å²) in [6, 6.07) is 4.73. The Morgan fingerprint density at radius 3 is 2.57 bits per heavy atom. The summed E-state index contributed by atoms with van der Waals surface area (Å²) in [6.45, 7) is 0. The third-order valence-corrected chi connectivity index (χ3v) is 4.93. The highest BCUT2D eigenvalue weighted by Crippen LogP contribution is 2.48. The number of hydrogen-bond donors (Lipinski definition) is 1. The number of halogens is 2. The molecule has 0 heterocycles. The number of thioether (sulfide) groups is 1. The first-order valence-electron chi connectivity index (χ1n) is 7.29. The summed E-state index contributed by atoms with van der Waals surface area (Å²) in [6.07, 6.45) is 3.24. The molecule has 1 fully saturated rings. The average molecular weight is 376 g/mol. The number of nitrogens with one attached hydrogen (secondary N) is 1. The Morgan fingerprint density at radius 1 is 1.35 bits per heavy atom. The molecule has 1 saturated carbocycles. The van der Waals surface area contributed by atoms with Crippen molar-refractivity contribution in [2.24, 2.45) is 5.92 Å². The van der Waals surface area contributed by atoms with Crippen LogP contribution < -0.4 is 5.32 Å². The zero-order chi connectivity index (χ0) is 17.0. The molecule has 126 valence electrons. The van der Waals surface area contributed by atoms with Crippen LogP contribution in [0.5, 0.6) is 0 Å². The number of amides is 1. The second-order valence-corrected chi connectivity index (χ2v) is 7.38. The number of carbonyl (C=O) groups excluding carboxylic acids is 2. The summed E-state index contributed by atoms with van der Waals surface area (Å²) in [5.74, 6) is 0.201. The Bertz CT molecular complexity index is 576. The summed E-state index contributed by atoms with van der Waals surface area (Å²) >= 11 is 13.6. The molecule has 1 aliphatic rings. The zero-order valence-electron chi connectivity index (χ0n) is 13.0. The lowest BCUT2D eigenvalue weighted by molar-refractivity contribution is -0.145. The monoisotopic (exact) mass is 375 g/mol. The topological polar surface area (TPSA) is 55.4 Å². The van der Waals surface area contributed by atoms with Crippen molar-refractivity contribution < 1.29 is 14.3 Å². The van der Waals surface area contributed by atoms with Crippen LogP contribution in [0.4, 0.5) is 0 Å². The van der Waals surface area contributed by atoms with Gasteiger partial charge in [-0.15, -0.1) is 0 Å². The molecule has 2 rings (SSSR count). The van der Waals surface area contributed by atoms with Gasteiger partial charge in [-0.2, -0.15) is 11.8 Å². The van der Waals surface area contributed by atoms with Gasteiger partial charge >= 0.3 is 5.97 Å². The molecule has 1 aromatic rings. The number of methoxy groups -OCH3 is 1. The molecule has 0 aliphatic heterocycles. The fraction of sp³-hybridized carbons (Fsp3) is 0.500. The SMILES string of the molecule is COC(=O)[C@H](CCSC)NC(=O)[C@@H]1C[C@H]1c1cc(Cl)cc(Cl)c1. The minimum atomic E-state index is -0.593. The molecule has 0 aromatic heterocycles. The van der Waals surface area contributed by atoms with Crippen molar-refractivity contribution in [2.75, 3.05) is 19.1 Å². The van der Waals surface area contributed by atoms with Crippen LogP contribution in [0.25, 0.3) is 0 Å². The molecule has 3 atom stereocenters. The summed E-state index contributed by atoms with van der Waals surface area (Å²) in [7, 11) is 1.33. The van der Waals surface area contributed by atoms with E-state index < -0.39 is 12.0 Å². The highest BCUT2D eigenvalue weighted by Gasteiger charge is 2.45. The van der Waals surface area contributed by atoms with Gasteiger partial charge in [0.25, 0.3) is 0 Å². The Kier molecular flexibility index (Phi) is 6.62. The fourth-order valence-corrected chi connectivity index (χ4v) is 3.56. The van der Waals surface area contributed by atoms with Gasteiger partial charge in [0, 0.05) is 16.0 Å². The standard InChI is InChI=1S/C16H19Cl2NO3S/c1-22-16(21)14(3-4-23-2)19-15(20)13-8-12(13)9-5-10(17)7-11(18)6-9/h5-7,12-14H,3-4,8H2,1-2H3,(H,19,20)/t12-,13+,14-/m0/s1. The number of ether oxygens (including phenoxy) is 1. The summed E-state index contributed by atoms with van der Waals surface area (Å²) in [4.78, 5) is 24.1. The number of hydrogen-bond acceptors (Lipinski definition) is 4. The lowest BCUT2D eigenvalue weighted by Gasteiger charge is -2.16. The maximum Gasteiger partial charge on any atom is 0.328 e. The van der Waals surface area contributed by atoms with Crippen molar-refractivity contribution in [1.82, 2.24) is 5.32 Å². The van der Waals surface area contributed by atoms with E-state index in [0.29, 0.717) is 16.5 Å². The van der Waals surface area contributed by atoms with E-state index in [0.717, 1.165) is 17.7 Å². The average Bonchev–Trinajstić information content (AvgIpc) is 3.30. The first-order chi connectivity index (χ1) is 11.0. The quantitative estimate of drug-likeness (QED) is 0.740. The Labute approximate surface area is 150 Å². The fourth-order valence-electron chi connectivity index (χ4n) is 2.55. The number of esters is 1. The van der Waals surface area contributed by atoms with E-state index in [-0.39, 0.29) is 17.7 Å². The van der Waals surface area contributed by atoms with Gasteiger partial charge in [0.05, 0.1) is 7.11 Å². The van der Waals surface area contributed by atoms with Gasteiger partial charge in [-0.3, -0.25) is 4.79 Å². The maximum absolute atomic E-state index is 12.4. The summed E-state index contributed by atoms with van der Waals surface area (Å²) < 4.78 is 4.76. The van der Waals surface area contributed by atoms with Gasteiger partial charge in [0.1, 0.15) is 6.04 Å². The highest BCUT2D eigenvalue weighted by atomic mass is 35.5. The third kappa shape index (κ3) is 5.03. The van der Waals surface area contributed by atoms with Crippen LogP contribution in [0, 0.1) is 5.92 Å². The van der Waals surface area contributed by atoms with Crippen molar-refractivity contribution in [1.29, 1.82) is 0 Å². The molecule has 4 nitrogen and oxygen atoms in total. The van der Waals surface area contributed by atoms with E-state index >= 15 is 0 Å². The normalized spacial score (nSPS) is 20.7. The smallest absolute Gasteiger partial charge is 0.328 e. The van der Waals surface area contributed by atoms with Crippen molar-refractivity contribution in [3.63, 3.8) is 0 Å². The first-order valence-corrected chi connectivity index (χ1v) is 9.44. The van der Waals surface area contributed by atoms with Crippen LogP contribution in [0.15, 0.2) is 18.2 Å². The molecule has 0 saturated heterocycles. The summed E-state index contributed by atoms with van der Waals surface area (Å²) in [5.41, 5.74) is 0.960.